The molecule has 0 radical (unpaired) electrons. The fraction of sp³-hybridized carbons (Fsp3) is 0. The van der Waals surface area contributed by atoms with Gasteiger partial charge in [0.05, 0.1) is 5.39 Å². The molecule has 3 rings (SSSR count). The van der Waals surface area contributed by atoms with Crippen LogP contribution in [0.5, 0.6) is 11.5 Å². The van der Waals surface area contributed by atoms with E-state index in [-0.39, 0.29) is 28.8 Å². The first-order chi connectivity index (χ1) is 8.59. The third kappa shape index (κ3) is 1.22. The largest absolute Gasteiger partial charge is 0.504 e. The monoisotopic (exact) mass is 242 g/mol. The molecule has 1 aromatic heterocycles. The van der Waals surface area contributed by atoms with Crippen LogP contribution in [0.1, 0.15) is 0 Å². The number of aromatic nitrogens is 2. The van der Waals surface area contributed by atoms with E-state index in [0.29, 0.717) is 16.2 Å². The first-order valence-electron chi connectivity index (χ1n) is 5.25. The Morgan fingerprint density at radius 2 is 1.56 bits per heavy atom. The molecule has 90 valence electrons. The van der Waals surface area contributed by atoms with Gasteiger partial charge in [0.2, 0.25) is 5.95 Å². The summed E-state index contributed by atoms with van der Waals surface area (Å²) in [6.07, 6.45) is 0. The molecule has 0 spiro atoms. The Hall–Kier alpha value is -2.76. The second kappa shape index (κ2) is 3.36. The zero-order valence-corrected chi connectivity index (χ0v) is 9.25. The number of phenols is 2. The molecule has 1 heterocycles. The summed E-state index contributed by atoms with van der Waals surface area (Å²) < 4.78 is 0. The molecule has 6 N–H and O–H groups in total. The number of anilines is 2. The summed E-state index contributed by atoms with van der Waals surface area (Å²) in [5, 5.41) is 21.5. The lowest BCUT2D eigenvalue weighted by Crippen LogP contribution is -2.01. The van der Waals surface area contributed by atoms with Crippen LogP contribution in [0.3, 0.4) is 0 Å². The Morgan fingerprint density at radius 1 is 0.889 bits per heavy atom. The fourth-order valence-electron chi connectivity index (χ4n) is 2.08. The number of nitrogen functional groups attached to an aromatic ring is 2. The number of hydrogen-bond acceptors (Lipinski definition) is 6. The van der Waals surface area contributed by atoms with Crippen molar-refractivity contribution in [1.29, 1.82) is 0 Å². The third-order valence-corrected chi connectivity index (χ3v) is 2.85. The van der Waals surface area contributed by atoms with Gasteiger partial charge >= 0.3 is 0 Å². The summed E-state index contributed by atoms with van der Waals surface area (Å²) in [6, 6.07) is 7.00. The van der Waals surface area contributed by atoms with Crippen molar-refractivity contribution in [2.75, 3.05) is 11.5 Å². The number of nitrogens with two attached hydrogens (primary N) is 2. The van der Waals surface area contributed by atoms with Crippen LogP contribution < -0.4 is 11.5 Å². The van der Waals surface area contributed by atoms with Crippen LogP contribution in [0.25, 0.3) is 21.7 Å². The number of benzene rings is 2. The molecule has 0 saturated heterocycles. The van der Waals surface area contributed by atoms with Crippen LogP contribution in [-0.4, -0.2) is 20.2 Å². The lowest BCUT2D eigenvalue weighted by Gasteiger charge is -2.10. The lowest BCUT2D eigenvalue weighted by molar-refractivity contribution is 0.412. The second-order valence-corrected chi connectivity index (χ2v) is 3.93. The highest BCUT2D eigenvalue weighted by atomic mass is 16.3. The molecule has 0 bridgehead atoms. The molecule has 0 fully saturated rings. The topological polar surface area (TPSA) is 118 Å². The zero-order chi connectivity index (χ0) is 12.9. The summed E-state index contributed by atoms with van der Waals surface area (Å²) in [5.74, 6) is -0.464. The molecule has 0 amide bonds. The van der Waals surface area contributed by atoms with Crippen molar-refractivity contribution in [3.05, 3.63) is 24.3 Å². The molecule has 18 heavy (non-hydrogen) atoms. The molecule has 0 aliphatic carbocycles. The Labute approximate surface area is 102 Å². The summed E-state index contributed by atoms with van der Waals surface area (Å²) in [6.45, 7) is 0. The average Bonchev–Trinajstić information content (AvgIpc) is 2.35. The standard InChI is InChI=1S/C12H10N4O2/c13-11-7-5-3-1-2-4-6(5)9(17)10(18)8(7)15-12(14)16-11/h1-4,17-18H,(H4,13,14,15,16). The van der Waals surface area contributed by atoms with Gasteiger partial charge in [-0.3, -0.25) is 0 Å². The van der Waals surface area contributed by atoms with E-state index in [0.717, 1.165) is 0 Å². The summed E-state index contributed by atoms with van der Waals surface area (Å²) >= 11 is 0. The van der Waals surface area contributed by atoms with Gasteiger partial charge in [0.1, 0.15) is 11.3 Å². The van der Waals surface area contributed by atoms with Crippen molar-refractivity contribution in [3.63, 3.8) is 0 Å². The molecule has 0 unspecified atom stereocenters. The molecule has 0 aliphatic heterocycles. The predicted octanol–water partition coefficient (Wildman–Crippen LogP) is 1.36. The second-order valence-electron chi connectivity index (χ2n) is 3.93. The molecule has 0 saturated carbocycles. The molecule has 6 heteroatoms. The minimum Gasteiger partial charge on any atom is -0.504 e. The van der Waals surface area contributed by atoms with Crippen molar-refractivity contribution < 1.29 is 10.2 Å². The van der Waals surface area contributed by atoms with Crippen LogP contribution in [0.15, 0.2) is 24.3 Å². The van der Waals surface area contributed by atoms with E-state index in [1.807, 2.05) is 0 Å². The van der Waals surface area contributed by atoms with Gasteiger partial charge in [-0.2, -0.15) is 4.98 Å². The van der Waals surface area contributed by atoms with Gasteiger partial charge in [0.15, 0.2) is 11.5 Å². The highest BCUT2D eigenvalue weighted by Gasteiger charge is 2.17. The summed E-state index contributed by atoms with van der Waals surface area (Å²) in [7, 11) is 0. The van der Waals surface area contributed by atoms with Gasteiger partial charge in [-0.1, -0.05) is 24.3 Å². The molecular weight excluding hydrogens is 232 g/mol. The highest BCUT2D eigenvalue weighted by Crippen LogP contribution is 2.42. The zero-order valence-electron chi connectivity index (χ0n) is 9.25. The van der Waals surface area contributed by atoms with Crippen molar-refractivity contribution >= 4 is 33.4 Å². The first-order valence-corrected chi connectivity index (χ1v) is 5.25. The maximum Gasteiger partial charge on any atom is 0.222 e. The summed E-state index contributed by atoms with van der Waals surface area (Å²) in [5.41, 5.74) is 11.5. The quantitative estimate of drug-likeness (QED) is 0.349. The Kier molecular flexibility index (Phi) is 1.94. The smallest absolute Gasteiger partial charge is 0.222 e. The normalized spacial score (nSPS) is 11.1. The number of hydrogen-bond donors (Lipinski definition) is 4. The van der Waals surface area contributed by atoms with Crippen molar-refractivity contribution in [3.8, 4) is 11.5 Å². The lowest BCUT2D eigenvalue weighted by atomic mass is 10.0. The molecular formula is C12H10N4O2. The maximum atomic E-state index is 9.95. The fourth-order valence-corrected chi connectivity index (χ4v) is 2.08. The van der Waals surface area contributed by atoms with Crippen LogP contribution in [-0.2, 0) is 0 Å². The van der Waals surface area contributed by atoms with E-state index < -0.39 is 0 Å². The third-order valence-electron chi connectivity index (χ3n) is 2.85. The minimum atomic E-state index is -0.343. The van der Waals surface area contributed by atoms with Gasteiger partial charge < -0.3 is 21.7 Å². The van der Waals surface area contributed by atoms with Crippen LogP contribution >= 0.6 is 0 Å². The average molecular weight is 242 g/mol. The van der Waals surface area contributed by atoms with E-state index in [4.69, 9.17) is 11.5 Å². The Morgan fingerprint density at radius 3 is 2.28 bits per heavy atom. The first kappa shape index (κ1) is 10.4. The Balaban J connectivity index is 2.70. The number of phenolic OH excluding ortho intramolecular Hbond substituents is 2. The van der Waals surface area contributed by atoms with E-state index in [1.165, 1.54) is 0 Å². The minimum absolute atomic E-state index is 0.0509. The highest BCUT2D eigenvalue weighted by molar-refractivity contribution is 6.16. The van der Waals surface area contributed by atoms with Crippen molar-refractivity contribution in [1.82, 2.24) is 9.97 Å². The van der Waals surface area contributed by atoms with Crippen molar-refractivity contribution in [2.45, 2.75) is 0 Å². The number of rotatable bonds is 0. The number of aromatic hydroxyl groups is 2. The Bertz CT molecular complexity index is 786. The van der Waals surface area contributed by atoms with E-state index in [1.54, 1.807) is 24.3 Å². The van der Waals surface area contributed by atoms with Gasteiger partial charge in [-0.05, 0) is 5.39 Å². The van der Waals surface area contributed by atoms with Crippen LogP contribution in [0, 0.1) is 0 Å². The maximum absolute atomic E-state index is 9.95. The van der Waals surface area contributed by atoms with Crippen molar-refractivity contribution in [2.24, 2.45) is 0 Å². The van der Waals surface area contributed by atoms with E-state index in [2.05, 4.69) is 9.97 Å². The molecule has 3 aromatic rings. The molecule has 0 atom stereocenters. The van der Waals surface area contributed by atoms with E-state index in [9.17, 15) is 10.2 Å². The van der Waals surface area contributed by atoms with Gasteiger partial charge in [-0.25, -0.2) is 4.98 Å². The predicted molar refractivity (Wildman–Crippen MR) is 69.2 cm³/mol. The number of fused-ring (bicyclic) bond motifs is 3. The van der Waals surface area contributed by atoms with Gasteiger partial charge in [0, 0.05) is 5.39 Å². The van der Waals surface area contributed by atoms with Gasteiger partial charge in [0.25, 0.3) is 0 Å². The van der Waals surface area contributed by atoms with Crippen LogP contribution in [0.2, 0.25) is 0 Å². The molecule has 0 aliphatic rings. The molecule has 2 aromatic carbocycles. The number of nitrogens with zero attached hydrogens (tertiary/aromatic N) is 2. The summed E-state index contributed by atoms with van der Waals surface area (Å²) in [4.78, 5) is 7.80. The van der Waals surface area contributed by atoms with E-state index >= 15 is 0 Å². The van der Waals surface area contributed by atoms with Gasteiger partial charge in [-0.15, -0.1) is 0 Å². The van der Waals surface area contributed by atoms with Crippen LogP contribution in [0.4, 0.5) is 11.8 Å². The molecule has 6 nitrogen and oxygen atoms in total. The SMILES string of the molecule is Nc1nc(N)c2c(n1)c(O)c(O)c1ccccc12.